The third-order valence-corrected chi connectivity index (χ3v) is 9.47. The minimum atomic E-state index is 0.911. The third-order valence-electron chi connectivity index (χ3n) is 9.47. The van der Waals surface area contributed by atoms with E-state index in [1.54, 1.807) is 0 Å². The summed E-state index contributed by atoms with van der Waals surface area (Å²) >= 11 is 0. The van der Waals surface area contributed by atoms with Crippen molar-refractivity contribution in [2.75, 3.05) is 0 Å². The standard InChI is InChI=1S/C42H26O2/c1-2-10-26-23-40-36(21-25(26)9-1)35-22-27(18-20-38(35)44-40)41-31-12-3-5-14-33(31)42(34-15-6-4-13-32(34)41)28-17-19-30-29-11-7-8-16-37(29)43-39(30)24-28/h1-7,9-15,17-24H,8,16H2. The molecule has 7 aromatic carbocycles. The van der Waals surface area contributed by atoms with Crippen molar-refractivity contribution >= 4 is 71.3 Å². The zero-order chi connectivity index (χ0) is 28.8. The second-order valence-electron chi connectivity index (χ2n) is 11.9. The first-order valence-corrected chi connectivity index (χ1v) is 15.3. The molecule has 1 aliphatic carbocycles. The summed E-state index contributed by atoms with van der Waals surface area (Å²) in [5.74, 6) is 1.10. The maximum absolute atomic E-state index is 6.40. The Morgan fingerprint density at radius 2 is 1.02 bits per heavy atom. The number of benzene rings is 7. The molecule has 2 aromatic heterocycles. The van der Waals surface area contributed by atoms with Crippen molar-refractivity contribution in [3.05, 3.63) is 139 Å². The van der Waals surface area contributed by atoms with Crippen LogP contribution in [0.15, 0.2) is 136 Å². The van der Waals surface area contributed by atoms with E-state index in [-0.39, 0.29) is 0 Å². The van der Waals surface area contributed by atoms with Crippen molar-refractivity contribution in [1.29, 1.82) is 0 Å². The second kappa shape index (κ2) is 8.95. The SMILES string of the molecule is C1=Cc2c(oc3cc(-c4c5ccccc5c(-c5ccc6oc7cc8ccccc8cc7c6c5)c5ccccc45)ccc23)CC1. The molecule has 1 aliphatic rings. The van der Waals surface area contributed by atoms with Crippen LogP contribution in [0.25, 0.3) is 93.6 Å². The highest BCUT2D eigenvalue weighted by atomic mass is 16.3. The average Bonchev–Trinajstić information content (AvgIpc) is 3.62. The molecule has 0 saturated heterocycles. The minimum Gasteiger partial charge on any atom is -0.460 e. The molecular formula is C42H26O2. The van der Waals surface area contributed by atoms with Gasteiger partial charge in [-0.1, -0.05) is 97.1 Å². The summed E-state index contributed by atoms with van der Waals surface area (Å²) in [5.41, 5.74) is 8.88. The van der Waals surface area contributed by atoms with Gasteiger partial charge in [0.15, 0.2) is 0 Å². The molecule has 9 aromatic rings. The topological polar surface area (TPSA) is 26.3 Å². The lowest BCUT2D eigenvalue weighted by Crippen LogP contribution is -1.91. The Hall–Kier alpha value is -5.60. The summed E-state index contributed by atoms with van der Waals surface area (Å²) in [6.07, 6.45) is 6.46. The van der Waals surface area contributed by atoms with Gasteiger partial charge in [0.2, 0.25) is 0 Å². The fraction of sp³-hybridized carbons (Fsp3) is 0.0476. The zero-order valence-electron chi connectivity index (χ0n) is 23.9. The molecule has 0 amide bonds. The highest BCUT2D eigenvalue weighted by Gasteiger charge is 2.20. The first-order chi connectivity index (χ1) is 21.8. The van der Waals surface area contributed by atoms with Gasteiger partial charge in [-0.2, -0.15) is 0 Å². The Kier molecular flexibility index (Phi) is 4.86. The lowest BCUT2D eigenvalue weighted by molar-refractivity contribution is 0.546. The van der Waals surface area contributed by atoms with Crippen LogP contribution in [-0.2, 0) is 6.42 Å². The van der Waals surface area contributed by atoms with Crippen molar-refractivity contribution in [3.8, 4) is 22.3 Å². The summed E-state index contributed by atoms with van der Waals surface area (Å²) in [4.78, 5) is 0. The van der Waals surface area contributed by atoms with Crippen LogP contribution >= 0.6 is 0 Å². The smallest absolute Gasteiger partial charge is 0.136 e. The van der Waals surface area contributed by atoms with Crippen molar-refractivity contribution < 1.29 is 8.83 Å². The highest BCUT2D eigenvalue weighted by molar-refractivity contribution is 6.22. The van der Waals surface area contributed by atoms with Crippen LogP contribution < -0.4 is 0 Å². The maximum Gasteiger partial charge on any atom is 0.136 e. The molecule has 0 spiro atoms. The van der Waals surface area contributed by atoms with Gasteiger partial charge in [0.25, 0.3) is 0 Å². The van der Waals surface area contributed by atoms with Crippen LogP contribution in [0.2, 0.25) is 0 Å². The molecule has 206 valence electrons. The molecule has 0 atom stereocenters. The van der Waals surface area contributed by atoms with Crippen LogP contribution in [0, 0.1) is 0 Å². The van der Waals surface area contributed by atoms with Gasteiger partial charge in [-0.25, -0.2) is 0 Å². The van der Waals surface area contributed by atoms with E-state index in [2.05, 4.69) is 133 Å². The normalized spacial score (nSPS) is 13.2. The number of hydrogen-bond acceptors (Lipinski definition) is 2. The Morgan fingerprint density at radius 1 is 0.432 bits per heavy atom. The molecule has 2 heteroatoms. The highest BCUT2D eigenvalue weighted by Crippen LogP contribution is 2.46. The number of allylic oxidation sites excluding steroid dienone is 1. The molecule has 0 fully saturated rings. The molecule has 2 nitrogen and oxygen atoms in total. The monoisotopic (exact) mass is 562 g/mol. The molecule has 2 heterocycles. The van der Waals surface area contributed by atoms with Crippen molar-refractivity contribution in [1.82, 2.24) is 0 Å². The number of furan rings is 2. The van der Waals surface area contributed by atoms with E-state index >= 15 is 0 Å². The lowest BCUT2D eigenvalue weighted by atomic mass is 9.85. The van der Waals surface area contributed by atoms with Crippen LogP contribution in [0.3, 0.4) is 0 Å². The Morgan fingerprint density at radius 3 is 1.75 bits per heavy atom. The quantitative estimate of drug-likeness (QED) is 0.196. The summed E-state index contributed by atoms with van der Waals surface area (Å²) < 4.78 is 12.8. The van der Waals surface area contributed by atoms with Crippen LogP contribution in [0.5, 0.6) is 0 Å². The number of fused-ring (bicyclic) bond motifs is 9. The van der Waals surface area contributed by atoms with Crippen molar-refractivity contribution in [2.45, 2.75) is 12.8 Å². The Labute approximate surface area is 253 Å². The largest absolute Gasteiger partial charge is 0.460 e. The molecule has 0 radical (unpaired) electrons. The Bertz CT molecular complexity index is 2610. The fourth-order valence-electron chi connectivity index (χ4n) is 7.47. The van der Waals surface area contributed by atoms with E-state index in [0.717, 1.165) is 46.1 Å². The molecular weight excluding hydrogens is 536 g/mol. The van der Waals surface area contributed by atoms with Gasteiger partial charge in [0.05, 0.1) is 0 Å². The van der Waals surface area contributed by atoms with E-state index in [4.69, 9.17) is 8.83 Å². The van der Waals surface area contributed by atoms with Gasteiger partial charge in [0.1, 0.15) is 22.5 Å². The van der Waals surface area contributed by atoms with Gasteiger partial charge in [-0.05, 0) is 97.4 Å². The van der Waals surface area contributed by atoms with Crippen LogP contribution in [-0.4, -0.2) is 0 Å². The third kappa shape index (κ3) is 3.37. The summed E-state index contributed by atoms with van der Waals surface area (Å²) in [6, 6.07) is 44.0. The molecule has 0 aliphatic heterocycles. The molecule has 0 saturated carbocycles. The van der Waals surface area contributed by atoms with E-state index in [1.807, 2.05) is 0 Å². The van der Waals surface area contributed by atoms with Gasteiger partial charge in [0, 0.05) is 28.1 Å². The average molecular weight is 563 g/mol. The lowest BCUT2D eigenvalue weighted by Gasteiger charge is -2.17. The molecule has 0 N–H and O–H groups in total. The molecule has 10 rings (SSSR count). The van der Waals surface area contributed by atoms with Crippen LogP contribution in [0.1, 0.15) is 17.7 Å². The Balaban J connectivity index is 1.25. The first-order valence-electron chi connectivity index (χ1n) is 15.3. The zero-order valence-corrected chi connectivity index (χ0v) is 23.9. The second-order valence-corrected chi connectivity index (χ2v) is 11.9. The van der Waals surface area contributed by atoms with E-state index in [1.165, 1.54) is 65.5 Å². The summed E-state index contributed by atoms with van der Waals surface area (Å²) in [5, 5.41) is 10.8. The number of aryl methyl sites for hydroxylation is 1. The van der Waals surface area contributed by atoms with Crippen molar-refractivity contribution in [2.24, 2.45) is 0 Å². The van der Waals surface area contributed by atoms with Gasteiger partial charge in [-0.15, -0.1) is 0 Å². The van der Waals surface area contributed by atoms with Gasteiger partial charge >= 0.3 is 0 Å². The number of rotatable bonds is 2. The van der Waals surface area contributed by atoms with Crippen molar-refractivity contribution in [3.63, 3.8) is 0 Å². The molecule has 0 bridgehead atoms. The van der Waals surface area contributed by atoms with E-state index in [0.29, 0.717) is 0 Å². The summed E-state index contributed by atoms with van der Waals surface area (Å²) in [6.45, 7) is 0. The first kappa shape index (κ1) is 23.9. The van der Waals surface area contributed by atoms with E-state index in [9.17, 15) is 0 Å². The predicted octanol–water partition coefficient (Wildman–Crippen LogP) is 12.1. The molecule has 44 heavy (non-hydrogen) atoms. The van der Waals surface area contributed by atoms with E-state index < -0.39 is 0 Å². The molecule has 0 unspecified atom stereocenters. The van der Waals surface area contributed by atoms with Crippen LogP contribution in [0.4, 0.5) is 0 Å². The predicted molar refractivity (Wildman–Crippen MR) is 184 cm³/mol. The van der Waals surface area contributed by atoms with Gasteiger partial charge in [-0.3, -0.25) is 0 Å². The maximum atomic E-state index is 6.40. The fourth-order valence-corrected chi connectivity index (χ4v) is 7.47. The van der Waals surface area contributed by atoms with Gasteiger partial charge < -0.3 is 8.83 Å². The number of hydrogen-bond donors (Lipinski definition) is 0. The minimum absolute atomic E-state index is 0.911. The summed E-state index contributed by atoms with van der Waals surface area (Å²) in [7, 11) is 0.